The number of rotatable bonds is 4. The quantitative estimate of drug-likeness (QED) is 0.758. The SMILES string of the molecule is C=C(C)c1cccc(C(C)(C)NC(=O)N2c3ccccc3C(C(=O)O)CC2C)c1. The summed E-state index contributed by atoms with van der Waals surface area (Å²) in [5.41, 5.74) is 3.70. The van der Waals surface area contributed by atoms with E-state index in [1.165, 1.54) is 0 Å². The Balaban J connectivity index is 1.92. The number of carbonyl (C=O) groups is 2. The zero-order chi connectivity index (χ0) is 21.3. The van der Waals surface area contributed by atoms with Gasteiger partial charge in [0.05, 0.1) is 11.5 Å². The molecule has 152 valence electrons. The minimum Gasteiger partial charge on any atom is -0.481 e. The van der Waals surface area contributed by atoms with Gasteiger partial charge in [0.15, 0.2) is 0 Å². The fourth-order valence-corrected chi connectivity index (χ4v) is 3.93. The molecule has 2 aromatic carbocycles. The molecule has 2 aromatic rings. The van der Waals surface area contributed by atoms with Crippen molar-refractivity contribution in [3.8, 4) is 0 Å². The minimum atomic E-state index is -0.860. The second-order valence-corrected chi connectivity index (χ2v) is 8.32. The highest BCUT2D eigenvalue weighted by atomic mass is 16.4. The zero-order valence-corrected chi connectivity index (χ0v) is 17.4. The Labute approximate surface area is 172 Å². The number of nitrogens with zero attached hydrogens (tertiary/aromatic N) is 1. The number of amides is 2. The molecule has 2 atom stereocenters. The Morgan fingerprint density at radius 3 is 2.52 bits per heavy atom. The van der Waals surface area contributed by atoms with Gasteiger partial charge in [-0.3, -0.25) is 9.69 Å². The van der Waals surface area contributed by atoms with Crippen LogP contribution in [0, 0.1) is 0 Å². The molecule has 5 nitrogen and oxygen atoms in total. The second-order valence-electron chi connectivity index (χ2n) is 8.32. The maximum atomic E-state index is 13.3. The lowest BCUT2D eigenvalue weighted by atomic mass is 9.86. The predicted molar refractivity (Wildman–Crippen MR) is 116 cm³/mol. The average molecular weight is 392 g/mol. The van der Waals surface area contributed by atoms with Gasteiger partial charge in [-0.2, -0.15) is 0 Å². The third-order valence-corrected chi connectivity index (χ3v) is 5.60. The van der Waals surface area contributed by atoms with Crippen LogP contribution in [-0.2, 0) is 10.3 Å². The summed E-state index contributed by atoms with van der Waals surface area (Å²) < 4.78 is 0. The topological polar surface area (TPSA) is 69.6 Å². The average Bonchev–Trinajstić information content (AvgIpc) is 2.66. The van der Waals surface area contributed by atoms with Crippen molar-refractivity contribution >= 4 is 23.3 Å². The molecule has 0 saturated carbocycles. The summed E-state index contributed by atoms with van der Waals surface area (Å²) in [4.78, 5) is 26.7. The molecule has 0 bridgehead atoms. The molecule has 0 spiro atoms. The molecule has 29 heavy (non-hydrogen) atoms. The number of para-hydroxylation sites is 1. The van der Waals surface area contributed by atoms with Crippen LogP contribution in [0.1, 0.15) is 56.7 Å². The van der Waals surface area contributed by atoms with E-state index < -0.39 is 17.4 Å². The molecule has 0 aliphatic carbocycles. The van der Waals surface area contributed by atoms with Crippen LogP contribution in [0.2, 0.25) is 0 Å². The van der Waals surface area contributed by atoms with Crippen LogP contribution in [0.3, 0.4) is 0 Å². The normalized spacial score (nSPS) is 18.7. The Morgan fingerprint density at radius 2 is 1.86 bits per heavy atom. The molecule has 5 heteroatoms. The third-order valence-electron chi connectivity index (χ3n) is 5.60. The lowest BCUT2D eigenvalue weighted by molar-refractivity contribution is -0.139. The number of carbonyl (C=O) groups excluding carboxylic acids is 1. The van der Waals surface area contributed by atoms with Crippen LogP contribution in [-0.4, -0.2) is 23.1 Å². The van der Waals surface area contributed by atoms with Crippen molar-refractivity contribution in [1.29, 1.82) is 0 Å². The number of allylic oxidation sites excluding steroid dienone is 1. The van der Waals surface area contributed by atoms with Crippen LogP contribution in [0.15, 0.2) is 55.1 Å². The molecule has 0 fully saturated rings. The first-order valence-corrected chi connectivity index (χ1v) is 9.81. The van der Waals surface area contributed by atoms with Gasteiger partial charge in [-0.1, -0.05) is 48.6 Å². The summed E-state index contributed by atoms with van der Waals surface area (Å²) in [6.45, 7) is 11.8. The first-order chi connectivity index (χ1) is 13.6. The Hall–Kier alpha value is -3.08. The van der Waals surface area contributed by atoms with E-state index in [1.54, 1.807) is 11.0 Å². The van der Waals surface area contributed by atoms with Crippen molar-refractivity contribution in [3.63, 3.8) is 0 Å². The number of anilines is 1. The molecule has 1 heterocycles. The monoisotopic (exact) mass is 392 g/mol. The molecule has 3 rings (SSSR count). The van der Waals surface area contributed by atoms with Gasteiger partial charge < -0.3 is 10.4 Å². The Kier molecular flexibility index (Phi) is 5.51. The van der Waals surface area contributed by atoms with E-state index in [-0.39, 0.29) is 12.1 Å². The van der Waals surface area contributed by atoms with E-state index >= 15 is 0 Å². The molecule has 2 unspecified atom stereocenters. The van der Waals surface area contributed by atoms with Crippen LogP contribution >= 0.6 is 0 Å². The van der Waals surface area contributed by atoms with Crippen LogP contribution in [0.5, 0.6) is 0 Å². The number of carboxylic acid groups (broad SMARTS) is 1. The number of fused-ring (bicyclic) bond motifs is 1. The summed E-state index contributed by atoms with van der Waals surface area (Å²) in [7, 11) is 0. The molecule has 1 aliphatic rings. The number of urea groups is 1. The van der Waals surface area contributed by atoms with Crippen molar-refractivity contribution in [2.75, 3.05) is 4.90 Å². The molecule has 2 amide bonds. The van der Waals surface area contributed by atoms with Gasteiger partial charge in [0.1, 0.15) is 0 Å². The van der Waals surface area contributed by atoms with Crippen LogP contribution in [0.25, 0.3) is 5.57 Å². The summed E-state index contributed by atoms with van der Waals surface area (Å²) in [6.07, 6.45) is 0.380. The Bertz CT molecular complexity index is 964. The summed E-state index contributed by atoms with van der Waals surface area (Å²) in [6, 6.07) is 14.8. The van der Waals surface area contributed by atoms with Crippen molar-refractivity contribution in [1.82, 2.24) is 5.32 Å². The van der Waals surface area contributed by atoms with Gasteiger partial charge in [-0.25, -0.2) is 4.79 Å². The van der Waals surface area contributed by atoms with Gasteiger partial charge in [-0.15, -0.1) is 0 Å². The molecular formula is C24H28N2O3. The Morgan fingerprint density at radius 1 is 1.17 bits per heavy atom. The highest BCUT2D eigenvalue weighted by Crippen LogP contribution is 2.39. The number of hydrogen-bond donors (Lipinski definition) is 2. The van der Waals surface area contributed by atoms with Gasteiger partial charge in [0, 0.05) is 11.7 Å². The van der Waals surface area contributed by atoms with Crippen molar-refractivity contribution in [2.45, 2.75) is 51.6 Å². The first kappa shape index (κ1) is 20.6. The number of nitrogens with one attached hydrogen (secondary N) is 1. The smallest absolute Gasteiger partial charge is 0.322 e. The highest BCUT2D eigenvalue weighted by molar-refractivity contribution is 5.96. The molecule has 0 radical (unpaired) electrons. The second kappa shape index (κ2) is 7.74. The molecule has 2 N–H and O–H groups in total. The van der Waals surface area contributed by atoms with Crippen LogP contribution < -0.4 is 10.2 Å². The number of carboxylic acids is 1. The summed E-state index contributed by atoms with van der Waals surface area (Å²) >= 11 is 0. The summed E-state index contributed by atoms with van der Waals surface area (Å²) in [5.74, 6) is -1.47. The number of hydrogen-bond acceptors (Lipinski definition) is 2. The van der Waals surface area contributed by atoms with Gasteiger partial charge in [-0.05, 0) is 62.9 Å². The highest BCUT2D eigenvalue weighted by Gasteiger charge is 2.38. The molecule has 0 saturated heterocycles. The van der Waals surface area contributed by atoms with Crippen molar-refractivity contribution < 1.29 is 14.7 Å². The number of benzene rings is 2. The van der Waals surface area contributed by atoms with E-state index in [1.807, 2.05) is 70.2 Å². The predicted octanol–water partition coefficient (Wildman–Crippen LogP) is 5.13. The largest absolute Gasteiger partial charge is 0.481 e. The van der Waals surface area contributed by atoms with Gasteiger partial charge in [0.2, 0.25) is 0 Å². The zero-order valence-electron chi connectivity index (χ0n) is 17.4. The molecular weight excluding hydrogens is 364 g/mol. The maximum absolute atomic E-state index is 13.3. The molecule has 1 aliphatic heterocycles. The van der Waals surface area contributed by atoms with Gasteiger partial charge in [0.25, 0.3) is 0 Å². The standard InChI is InChI=1S/C24H28N2O3/c1-15(2)17-9-8-10-18(14-17)24(4,5)25-23(29)26-16(3)13-20(22(27)28)19-11-6-7-12-21(19)26/h6-12,14,16,20H,1,13H2,2-5H3,(H,25,29)(H,27,28). The fourth-order valence-electron chi connectivity index (χ4n) is 3.93. The van der Waals surface area contributed by atoms with E-state index in [9.17, 15) is 14.7 Å². The first-order valence-electron chi connectivity index (χ1n) is 9.81. The van der Waals surface area contributed by atoms with E-state index in [4.69, 9.17) is 0 Å². The molecule has 0 aromatic heterocycles. The lowest BCUT2D eigenvalue weighted by Gasteiger charge is -2.40. The van der Waals surface area contributed by atoms with Gasteiger partial charge >= 0.3 is 12.0 Å². The third kappa shape index (κ3) is 4.04. The van der Waals surface area contributed by atoms with Crippen molar-refractivity contribution in [2.24, 2.45) is 0 Å². The summed E-state index contributed by atoms with van der Waals surface area (Å²) in [5, 5.41) is 12.7. The van der Waals surface area contributed by atoms with E-state index in [2.05, 4.69) is 11.9 Å². The number of aliphatic carboxylic acids is 1. The lowest BCUT2D eigenvalue weighted by Crippen LogP contribution is -2.53. The van der Waals surface area contributed by atoms with E-state index in [0.717, 1.165) is 16.7 Å². The maximum Gasteiger partial charge on any atom is 0.322 e. The van der Waals surface area contributed by atoms with Crippen molar-refractivity contribution in [3.05, 3.63) is 71.8 Å². The fraction of sp³-hybridized carbons (Fsp3) is 0.333. The van der Waals surface area contributed by atoms with Crippen LogP contribution in [0.4, 0.5) is 10.5 Å². The minimum absolute atomic E-state index is 0.233. The van der Waals surface area contributed by atoms with E-state index in [0.29, 0.717) is 17.7 Å².